The smallest absolute Gasteiger partial charge is 0.324 e. The lowest BCUT2D eigenvalue weighted by molar-refractivity contribution is -0.155. The molecule has 61 heavy (non-hydrogen) atoms. The van der Waals surface area contributed by atoms with Crippen LogP contribution in [0.3, 0.4) is 0 Å². The molecule has 0 unspecified atom stereocenters. The van der Waals surface area contributed by atoms with Gasteiger partial charge in [0.2, 0.25) is 5.91 Å². The second kappa shape index (κ2) is 17.2. The summed E-state index contributed by atoms with van der Waals surface area (Å²) in [4.78, 5) is 54.2. The number of nitrogens with zero attached hydrogens (tertiary/aromatic N) is 5. The molecular formula is C47H61N7O6S. The molecule has 7 atom stereocenters. The number of thiazole rings is 1. The molecule has 0 radical (unpaired) electrons. The van der Waals surface area contributed by atoms with Crippen molar-refractivity contribution in [2.75, 3.05) is 46.6 Å². The minimum Gasteiger partial charge on any atom is -0.464 e. The van der Waals surface area contributed by atoms with E-state index in [0.29, 0.717) is 43.7 Å². The van der Waals surface area contributed by atoms with Crippen molar-refractivity contribution in [3.63, 3.8) is 0 Å². The topological polar surface area (TPSA) is 140 Å². The Morgan fingerprint density at radius 1 is 1.15 bits per heavy atom. The first-order valence-corrected chi connectivity index (χ1v) is 23.3. The predicted molar refractivity (Wildman–Crippen MR) is 235 cm³/mol. The number of nitrogens with one attached hydrogen (secondary N) is 2. The number of rotatable bonds is 7. The Morgan fingerprint density at radius 3 is 2.77 bits per heavy atom. The predicted octanol–water partition coefficient (Wildman–Crippen LogP) is 6.44. The van der Waals surface area contributed by atoms with Gasteiger partial charge >= 0.3 is 5.97 Å². The second-order valence-electron chi connectivity index (χ2n) is 18.8. The quantitative estimate of drug-likeness (QED) is 0.200. The summed E-state index contributed by atoms with van der Waals surface area (Å²) in [5.41, 5.74) is 11.1. The fourth-order valence-corrected chi connectivity index (χ4v) is 10.9. The highest BCUT2D eigenvalue weighted by atomic mass is 32.1. The van der Waals surface area contributed by atoms with Gasteiger partial charge in [0.05, 0.1) is 48.0 Å². The lowest BCUT2D eigenvalue weighted by atomic mass is 9.82. The third kappa shape index (κ3) is 8.50. The van der Waals surface area contributed by atoms with Crippen molar-refractivity contribution in [3.8, 4) is 22.5 Å². The molecule has 2 N–H and O–H groups in total. The van der Waals surface area contributed by atoms with Crippen molar-refractivity contribution in [2.45, 2.75) is 116 Å². The summed E-state index contributed by atoms with van der Waals surface area (Å²) in [5.74, 6) is -0.198. The van der Waals surface area contributed by atoms with E-state index in [0.717, 1.165) is 96.2 Å². The maximum absolute atomic E-state index is 14.2. The molecule has 0 spiro atoms. The van der Waals surface area contributed by atoms with Crippen molar-refractivity contribution in [1.82, 2.24) is 35.2 Å². The van der Waals surface area contributed by atoms with E-state index in [-0.39, 0.29) is 42.8 Å². The van der Waals surface area contributed by atoms with Gasteiger partial charge in [0.15, 0.2) is 0 Å². The van der Waals surface area contributed by atoms with E-state index >= 15 is 0 Å². The Hall–Kier alpha value is -4.21. The Balaban J connectivity index is 1.16. The third-order valence-corrected chi connectivity index (χ3v) is 14.7. The molecule has 326 valence electrons. The molecule has 2 amide bonds. The first-order valence-electron chi connectivity index (χ1n) is 22.4. The maximum atomic E-state index is 14.2. The van der Waals surface area contributed by atoms with Crippen molar-refractivity contribution < 1.29 is 28.6 Å². The monoisotopic (exact) mass is 851 g/mol. The number of benzene rings is 1. The largest absolute Gasteiger partial charge is 0.464 e. The zero-order valence-electron chi connectivity index (χ0n) is 36.5. The van der Waals surface area contributed by atoms with Gasteiger partial charge in [-0.1, -0.05) is 26.8 Å². The Kier molecular flexibility index (Phi) is 11.8. The first kappa shape index (κ1) is 42.1. The van der Waals surface area contributed by atoms with E-state index < -0.39 is 17.5 Å². The zero-order chi connectivity index (χ0) is 42.6. The maximum Gasteiger partial charge on any atom is 0.324 e. The van der Waals surface area contributed by atoms with Crippen LogP contribution in [0.2, 0.25) is 0 Å². The summed E-state index contributed by atoms with van der Waals surface area (Å²) in [5, 5.41) is 8.49. The zero-order valence-corrected chi connectivity index (χ0v) is 37.3. The van der Waals surface area contributed by atoms with Crippen molar-refractivity contribution in [1.29, 1.82) is 0 Å². The molecule has 1 saturated carbocycles. The number of hydrogen-bond acceptors (Lipinski definition) is 11. The van der Waals surface area contributed by atoms with Crippen LogP contribution >= 0.6 is 11.3 Å². The highest BCUT2D eigenvalue weighted by molar-refractivity contribution is 7.10. The molecule has 7 heterocycles. The normalized spacial score (nSPS) is 27.5. The molecule has 14 heteroatoms. The number of piperidine rings is 1. The van der Waals surface area contributed by atoms with Crippen molar-refractivity contribution in [3.05, 3.63) is 57.7 Å². The number of ether oxygens (including phenoxy) is 3. The molecule has 9 rings (SSSR count). The summed E-state index contributed by atoms with van der Waals surface area (Å²) >= 11 is 1.50. The summed E-state index contributed by atoms with van der Waals surface area (Å²) in [7, 11) is 1.74. The molecule has 3 aromatic heterocycles. The molecule has 6 bridgehead atoms. The summed E-state index contributed by atoms with van der Waals surface area (Å²) in [6.45, 7) is 15.6. The molecule has 1 aromatic carbocycles. The van der Waals surface area contributed by atoms with E-state index in [1.165, 1.54) is 27.5 Å². The molecule has 4 aromatic rings. The number of carbonyl (C=O) groups is 3. The van der Waals surface area contributed by atoms with Crippen LogP contribution in [0.1, 0.15) is 101 Å². The fourth-order valence-electron chi connectivity index (χ4n) is 10.1. The molecule has 4 fully saturated rings. The Labute approximate surface area is 362 Å². The van der Waals surface area contributed by atoms with Crippen LogP contribution in [0, 0.1) is 17.3 Å². The summed E-state index contributed by atoms with van der Waals surface area (Å²) < 4.78 is 20.5. The molecular weight excluding hydrogens is 791 g/mol. The number of morpholine rings is 1. The van der Waals surface area contributed by atoms with E-state index in [9.17, 15) is 14.4 Å². The minimum absolute atomic E-state index is 0.0914. The molecule has 13 nitrogen and oxygen atoms in total. The van der Waals surface area contributed by atoms with Gasteiger partial charge in [-0.3, -0.25) is 29.3 Å². The highest BCUT2D eigenvalue weighted by Gasteiger charge is 2.42. The standard InChI is InChI=1S/C47H61N7O6S/c1-7-53-40-11-10-30-19-34(40)36(43(53)35-20-31(23-48-42(35)28(3)58-6)29-12-14-52-15-16-59-24-32(52)18-29)22-47(4,5)26-60-46(57)37-9-8-13-54(51-37)45(56)38(21-41-49-39(30)25-61-41)50-44(55)33-17-27(33)2/h10-11,19-20,23,25,27-29,32-33,37-38,51H,7-9,12-18,21-22,24,26H2,1-6H3,(H,50,55)/t27-,28-,29-,32-,33-,37-,38-/m0/s1. The van der Waals surface area contributed by atoms with E-state index in [4.69, 9.17) is 24.2 Å². The number of methoxy groups -OCH3 is 1. The summed E-state index contributed by atoms with van der Waals surface area (Å²) in [6, 6.07) is 7.87. The minimum atomic E-state index is -0.828. The number of cyclic esters (lactones) is 1. The van der Waals surface area contributed by atoms with Crippen LogP contribution < -0.4 is 10.7 Å². The SMILES string of the molecule is CCn1c(-c2cc([C@H]3CCN4CCOC[C@@H]4C3)cnc2[C@H](C)OC)c2c3cc(ccc31)-c1csc(n1)C[C@H](NC(=O)[C@H]1C[C@@H]1C)C(=O)N1CCC[C@H](N1)C(=O)OCC(C)(C)C2. The van der Waals surface area contributed by atoms with Crippen LogP contribution in [0.15, 0.2) is 35.8 Å². The van der Waals surface area contributed by atoms with Gasteiger partial charge < -0.3 is 24.1 Å². The first-order chi connectivity index (χ1) is 29.4. The number of esters is 1. The van der Waals surface area contributed by atoms with Crippen molar-refractivity contribution in [2.24, 2.45) is 17.3 Å². The van der Waals surface area contributed by atoms with Crippen LogP contribution in [0.5, 0.6) is 0 Å². The van der Waals surface area contributed by atoms with E-state index in [1.54, 1.807) is 7.11 Å². The lowest BCUT2D eigenvalue weighted by Gasteiger charge is -2.42. The van der Waals surface area contributed by atoms with Gasteiger partial charge in [-0.05, 0) is 100 Å². The molecule has 3 saturated heterocycles. The number of carbonyl (C=O) groups excluding carboxylic acids is 3. The number of amides is 2. The van der Waals surface area contributed by atoms with Gasteiger partial charge in [-0.15, -0.1) is 11.3 Å². The lowest BCUT2D eigenvalue weighted by Crippen LogP contribution is -2.60. The average molecular weight is 852 g/mol. The second-order valence-corrected chi connectivity index (χ2v) is 19.8. The van der Waals surface area contributed by atoms with Gasteiger partial charge in [0.1, 0.15) is 12.1 Å². The average Bonchev–Trinajstić information content (AvgIpc) is 3.70. The van der Waals surface area contributed by atoms with Crippen molar-refractivity contribution >= 4 is 40.0 Å². The third-order valence-electron chi connectivity index (χ3n) is 13.8. The number of pyridine rings is 1. The number of fused-ring (bicyclic) bond motifs is 7. The van der Waals surface area contributed by atoms with E-state index in [2.05, 4.69) is 90.7 Å². The van der Waals surface area contributed by atoms with Gasteiger partial charge in [-0.25, -0.2) is 10.4 Å². The van der Waals surface area contributed by atoms with Gasteiger partial charge in [0, 0.05) is 84.1 Å². The van der Waals surface area contributed by atoms with Crippen LogP contribution in [0.4, 0.5) is 0 Å². The highest BCUT2D eigenvalue weighted by Crippen LogP contribution is 2.44. The van der Waals surface area contributed by atoms with Gasteiger partial charge in [0.25, 0.3) is 5.91 Å². The number of hydrazine groups is 1. The number of aryl methyl sites for hydroxylation is 1. The fraction of sp³-hybridized carbons (Fsp3) is 0.596. The van der Waals surface area contributed by atoms with Gasteiger partial charge in [-0.2, -0.15) is 0 Å². The Morgan fingerprint density at radius 2 is 1.98 bits per heavy atom. The van der Waals surface area contributed by atoms with Crippen LogP contribution in [0.25, 0.3) is 33.4 Å². The van der Waals surface area contributed by atoms with Crippen LogP contribution in [-0.4, -0.2) is 107 Å². The Bertz CT molecular complexity index is 2310. The van der Waals surface area contributed by atoms with Crippen LogP contribution in [-0.2, 0) is 48.0 Å². The molecule has 4 aliphatic heterocycles. The number of hydrogen-bond donors (Lipinski definition) is 2. The molecule has 1 aliphatic carbocycles. The molecule has 5 aliphatic rings. The summed E-state index contributed by atoms with van der Waals surface area (Å²) in [6.07, 6.45) is 6.80. The number of aromatic nitrogens is 3. The van der Waals surface area contributed by atoms with E-state index in [1.807, 2.05) is 0 Å².